The molecule has 1 unspecified atom stereocenters. The van der Waals surface area contributed by atoms with Crippen molar-refractivity contribution in [3.63, 3.8) is 0 Å². The van der Waals surface area contributed by atoms with Gasteiger partial charge >= 0.3 is 0 Å². The highest BCUT2D eigenvalue weighted by atomic mass is 79.9. The summed E-state index contributed by atoms with van der Waals surface area (Å²) in [5, 5.41) is 5.96. The van der Waals surface area contributed by atoms with Gasteiger partial charge in [-0.25, -0.2) is 4.39 Å². The van der Waals surface area contributed by atoms with E-state index in [0.29, 0.717) is 16.2 Å². The van der Waals surface area contributed by atoms with Crippen molar-refractivity contribution in [2.75, 3.05) is 5.32 Å². The van der Waals surface area contributed by atoms with Gasteiger partial charge in [-0.15, -0.1) is 0 Å². The SMILES string of the molecule is CC(Nc1ccc(F)cc1Br)C(=O)NC1CC1. The molecule has 0 radical (unpaired) electrons. The highest BCUT2D eigenvalue weighted by molar-refractivity contribution is 9.10. The van der Waals surface area contributed by atoms with Crippen LogP contribution in [0.2, 0.25) is 0 Å². The molecule has 1 aromatic carbocycles. The van der Waals surface area contributed by atoms with E-state index in [0.717, 1.165) is 12.8 Å². The van der Waals surface area contributed by atoms with Crippen molar-refractivity contribution in [2.45, 2.75) is 31.8 Å². The monoisotopic (exact) mass is 300 g/mol. The first-order valence-corrected chi connectivity index (χ1v) is 6.37. The fraction of sp³-hybridized carbons (Fsp3) is 0.417. The maximum atomic E-state index is 12.9. The van der Waals surface area contributed by atoms with Gasteiger partial charge in [0.25, 0.3) is 0 Å². The van der Waals surface area contributed by atoms with Crippen LogP contribution in [0.5, 0.6) is 0 Å². The Hall–Kier alpha value is -1.10. The number of anilines is 1. The number of nitrogens with one attached hydrogen (secondary N) is 2. The standard InChI is InChI=1S/C12H14BrFN2O/c1-7(12(17)16-9-3-4-9)15-11-5-2-8(14)6-10(11)13/h2,5-7,9,15H,3-4H2,1H3,(H,16,17). The largest absolute Gasteiger partial charge is 0.373 e. The molecule has 3 nitrogen and oxygen atoms in total. The zero-order valence-electron chi connectivity index (χ0n) is 9.47. The van der Waals surface area contributed by atoms with Crippen LogP contribution in [0.1, 0.15) is 19.8 Å². The van der Waals surface area contributed by atoms with E-state index >= 15 is 0 Å². The Morgan fingerprint density at radius 1 is 1.53 bits per heavy atom. The number of carbonyl (C=O) groups is 1. The van der Waals surface area contributed by atoms with Crippen LogP contribution in [0, 0.1) is 5.82 Å². The maximum absolute atomic E-state index is 12.9. The molecule has 2 N–H and O–H groups in total. The fourth-order valence-electron chi connectivity index (χ4n) is 1.46. The zero-order chi connectivity index (χ0) is 12.4. The average molecular weight is 301 g/mol. The van der Waals surface area contributed by atoms with Gasteiger partial charge in [-0.3, -0.25) is 4.79 Å². The molecule has 5 heteroatoms. The Morgan fingerprint density at radius 2 is 2.24 bits per heavy atom. The van der Waals surface area contributed by atoms with E-state index in [9.17, 15) is 9.18 Å². The van der Waals surface area contributed by atoms with E-state index in [1.54, 1.807) is 13.0 Å². The first-order valence-electron chi connectivity index (χ1n) is 5.58. The van der Waals surface area contributed by atoms with Crippen LogP contribution in [0.15, 0.2) is 22.7 Å². The lowest BCUT2D eigenvalue weighted by molar-refractivity contribution is -0.121. The summed E-state index contributed by atoms with van der Waals surface area (Å²) in [4.78, 5) is 11.7. The Labute approximate surface area is 108 Å². The number of hydrogen-bond donors (Lipinski definition) is 2. The minimum atomic E-state index is -0.336. The van der Waals surface area contributed by atoms with Crippen molar-refractivity contribution in [2.24, 2.45) is 0 Å². The summed E-state index contributed by atoms with van der Waals surface area (Å²) in [5.41, 5.74) is 0.713. The predicted molar refractivity (Wildman–Crippen MR) is 68.3 cm³/mol. The molecule has 0 aliphatic heterocycles. The van der Waals surface area contributed by atoms with Gasteiger partial charge in [0.05, 0.1) is 0 Å². The second kappa shape index (κ2) is 5.04. The lowest BCUT2D eigenvalue weighted by Gasteiger charge is -2.16. The number of carbonyl (C=O) groups excluding carboxylic acids is 1. The maximum Gasteiger partial charge on any atom is 0.242 e. The molecule has 92 valence electrons. The number of benzene rings is 1. The van der Waals surface area contributed by atoms with Gasteiger partial charge in [0.2, 0.25) is 5.91 Å². The molecule has 1 aromatic rings. The van der Waals surface area contributed by atoms with Crippen LogP contribution in [0.25, 0.3) is 0 Å². The molecule has 0 aromatic heterocycles. The van der Waals surface area contributed by atoms with E-state index in [1.165, 1.54) is 12.1 Å². The molecule has 1 aliphatic carbocycles. The highest BCUT2D eigenvalue weighted by Crippen LogP contribution is 2.24. The summed E-state index contributed by atoms with van der Waals surface area (Å²) < 4.78 is 13.5. The van der Waals surface area contributed by atoms with E-state index in [4.69, 9.17) is 0 Å². The Bertz CT molecular complexity index is 435. The first kappa shape index (κ1) is 12.4. The summed E-state index contributed by atoms with van der Waals surface area (Å²) in [5.74, 6) is -0.332. The van der Waals surface area contributed by atoms with E-state index in [-0.39, 0.29) is 17.8 Å². The van der Waals surface area contributed by atoms with Gasteiger partial charge in [-0.1, -0.05) is 0 Å². The molecule has 1 aliphatic rings. The third-order valence-electron chi connectivity index (χ3n) is 2.62. The quantitative estimate of drug-likeness (QED) is 0.897. The molecule has 1 amide bonds. The average Bonchev–Trinajstić information content (AvgIpc) is 3.06. The van der Waals surface area contributed by atoms with E-state index < -0.39 is 0 Å². The third-order valence-corrected chi connectivity index (χ3v) is 3.28. The van der Waals surface area contributed by atoms with Crippen LogP contribution >= 0.6 is 15.9 Å². The second-order valence-corrected chi connectivity index (χ2v) is 5.13. The van der Waals surface area contributed by atoms with Crippen LogP contribution in [-0.2, 0) is 4.79 Å². The number of hydrogen-bond acceptors (Lipinski definition) is 2. The molecule has 0 heterocycles. The second-order valence-electron chi connectivity index (χ2n) is 4.27. The topological polar surface area (TPSA) is 41.1 Å². The third kappa shape index (κ3) is 3.43. The van der Waals surface area contributed by atoms with Crippen LogP contribution in [-0.4, -0.2) is 18.0 Å². The Balaban J connectivity index is 1.96. The van der Waals surface area contributed by atoms with E-state index in [2.05, 4.69) is 26.6 Å². The van der Waals surface area contributed by atoms with Crippen molar-refractivity contribution in [3.8, 4) is 0 Å². The molecular weight excluding hydrogens is 287 g/mol. The van der Waals surface area contributed by atoms with Gasteiger partial charge in [-0.05, 0) is 53.9 Å². The van der Waals surface area contributed by atoms with Crippen LogP contribution < -0.4 is 10.6 Å². The normalized spacial score (nSPS) is 16.4. The molecule has 1 fully saturated rings. The molecule has 1 saturated carbocycles. The van der Waals surface area contributed by atoms with Gasteiger partial charge < -0.3 is 10.6 Å². The molecule has 2 rings (SSSR count). The summed E-state index contributed by atoms with van der Waals surface area (Å²) in [7, 11) is 0. The van der Waals surface area contributed by atoms with Crippen molar-refractivity contribution in [1.82, 2.24) is 5.32 Å². The Kier molecular flexibility index (Phi) is 3.66. The summed E-state index contributed by atoms with van der Waals surface area (Å²) >= 11 is 3.25. The number of rotatable bonds is 4. The minimum Gasteiger partial charge on any atom is -0.373 e. The summed E-state index contributed by atoms with van der Waals surface area (Å²) in [6.45, 7) is 1.79. The van der Waals surface area contributed by atoms with Gasteiger partial charge in [0.1, 0.15) is 11.9 Å². The molecule has 1 atom stereocenters. The van der Waals surface area contributed by atoms with Gasteiger partial charge in [-0.2, -0.15) is 0 Å². The lowest BCUT2D eigenvalue weighted by Crippen LogP contribution is -2.38. The zero-order valence-corrected chi connectivity index (χ0v) is 11.1. The smallest absolute Gasteiger partial charge is 0.242 e. The van der Waals surface area contributed by atoms with Crippen LogP contribution in [0.3, 0.4) is 0 Å². The molecular formula is C12H14BrFN2O. The number of amides is 1. The fourth-order valence-corrected chi connectivity index (χ4v) is 1.92. The lowest BCUT2D eigenvalue weighted by atomic mass is 10.2. The van der Waals surface area contributed by atoms with Crippen molar-refractivity contribution in [3.05, 3.63) is 28.5 Å². The molecule has 0 bridgehead atoms. The summed E-state index contributed by atoms with van der Waals surface area (Å²) in [6.07, 6.45) is 2.14. The number of halogens is 2. The van der Waals surface area contributed by atoms with Crippen LogP contribution in [0.4, 0.5) is 10.1 Å². The first-order chi connectivity index (χ1) is 8.06. The molecule has 17 heavy (non-hydrogen) atoms. The van der Waals surface area contributed by atoms with Crippen molar-refractivity contribution in [1.29, 1.82) is 0 Å². The Morgan fingerprint density at radius 3 is 2.82 bits per heavy atom. The minimum absolute atomic E-state index is 0.0243. The highest BCUT2D eigenvalue weighted by Gasteiger charge is 2.25. The molecule has 0 spiro atoms. The van der Waals surface area contributed by atoms with Gasteiger partial charge in [0, 0.05) is 16.2 Å². The molecule has 0 saturated heterocycles. The van der Waals surface area contributed by atoms with Gasteiger partial charge in [0.15, 0.2) is 0 Å². The van der Waals surface area contributed by atoms with E-state index in [1.807, 2.05) is 0 Å². The van der Waals surface area contributed by atoms with Crippen molar-refractivity contribution >= 4 is 27.5 Å². The summed E-state index contributed by atoms with van der Waals surface area (Å²) in [6, 6.07) is 4.35. The van der Waals surface area contributed by atoms with Crippen molar-refractivity contribution < 1.29 is 9.18 Å². The predicted octanol–water partition coefficient (Wildman–Crippen LogP) is 2.67.